The van der Waals surface area contributed by atoms with Gasteiger partial charge in [0.25, 0.3) is 0 Å². The van der Waals surface area contributed by atoms with Crippen LogP contribution in [-0.2, 0) is 0 Å². The lowest BCUT2D eigenvalue weighted by atomic mass is 10.1. The Morgan fingerprint density at radius 1 is 1.14 bits per heavy atom. The lowest BCUT2D eigenvalue weighted by molar-refractivity contribution is 1.14. The lowest BCUT2D eigenvalue weighted by Gasteiger charge is -1.94. The highest BCUT2D eigenvalue weighted by Crippen LogP contribution is 2.15. The van der Waals surface area contributed by atoms with Crippen molar-refractivity contribution in [1.29, 1.82) is 0 Å². The average molecular weight is 182 g/mol. The second-order valence-electron chi connectivity index (χ2n) is 3.47. The van der Waals surface area contributed by atoms with Crippen LogP contribution in [0.4, 0.5) is 0 Å². The molecule has 1 aromatic carbocycles. The summed E-state index contributed by atoms with van der Waals surface area (Å²) in [6.45, 7) is 0. The molecule has 1 aromatic rings. The fourth-order valence-corrected chi connectivity index (χ4v) is 1.55. The van der Waals surface area contributed by atoms with Crippen LogP contribution in [0.3, 0.4) is 0 Å². The van der Waals surface area contributed by atoms with E-state index in [2.05, 4.69) is 54.6 Å². The third kappa shape index (κ3) is 2.46. The molecule has 2 rings (SSSR count). The highest BCUT2D eigenvalue weighted by molar-refractivity contribution is 5.49. The Hall–Kier alpha value is -1.56. The first kappa shape index (κ1) is 9.01. The number of hydrogen-bond acceptors (Lipinski definition) is 0. The molecule has 0 amide bonds. The van der Waals surface area contributed by atoms with Crippen molar-refractivity contribution in [1.82, 2.24) is 0 Å². The number of hydrogen-bond donors (Lipinski definition) is 0. The molecule has 0 unspecified atom stereocenters. The predicted octanol–water partition coefficient (Wildman–Crippen LogP) is 3.98. The van der Waals surface area contributed by atoms with E-state index in [1.54, 1.807) is 0 Å². The van der Waals surface area contributed by atoms with Gasteiger partial charge in [-0.2, -0.15) is 0 Å². The largest absolute Gasteiger partial charge is 0.0805 e. The Morgan fingerprint density at radius 2 is 2.00 bits per heavy atom. The summed E-state index contributed by atoms with van der Waals surface area (Å²) < 4.78 is 0. The maximum Gasteiger partial charge on any atom is -0.0129 e. The van der Waals surface area contributed by atoms with Crippen LogP contribution in [0.25, 0.3) is 6.08 Å². The zero-order chi connectivity index (χ0) is 9.64. The Kier molecular flexibility index (Phi) is 2.97. The zero-order valence-corrected chi connectivity index (χ0v) is 8.19. The second kappa shape index (κ2) is 4.61. The van der Waals surface area contributed by atoms with Gasteiger partial charge >= 0.3 is 0 Å². The SMILES string of the molecule is C1=CCC(CC=Cc2ccccc2)=C1. The quantitative estimate of drug-likeness (QED) is 0.663. The van der Waals surface area contributed by atoms with E-state index < -0.39 is 0 Å². The summed E-state index contributed by atoms with van der Waals surface area (Å²) >= 11 is 0. The molecule has 1 aliphatic rings. The van der Waals surface area contributed by atoms with Crippen LogP contribution >= 0.6 is 0 Å². The van der Waals surface area contributed by atoms with E-state index in [0.717, 1.165) is 12.8 Å². The first-order chi connectivity index (χ1) is 6.95. The lowest BCUT2D eigenvalue weighted by Crippen LogP contribution is -1.74. The van der Waals surface area contributed by atoms with Crippen LogP contribution < -0.4 is 0 Å². The van der Waals surface area contributed by atoms with Gasteiger partial charge in [0.15, 0.2) is 0 Å². The fourth-order valence-electron chi connectivity index (χ4n) is 1.55. The maximum atomic E-state index is 2.23. The Bertz CT molecular complexity index is 366. The molecule has 0 spiro atoms. The molecule has 0 N–H and O–H groups in total. The molecule has 0 aliphatic heterocycles. The van der Waals surface area contributed by atoms with Gasteiger partial charge in [-0.05, 0) is 18.4 Å². The molecule has 0 heteroatoms. The van der Waals surface area contributed by atoms with Crippen molar-refractivity contribution in [3.8, 4) is 0 Å². The van der Waals surface area contributed by atoms with Gasteiger partial charge in [-0.15, -0.1) is 0 Å². The van der Waals surface area contributed by atoms with Crippen molar-refractivity contribution in [2.45, 2.75) is 12.8 Å². The van der Waals surface area contributed by atoms with Crippen LogP contribution in [0.1, 0.15) is 18.4 Å². The predicted molar refractivity (Wildman–Crippen MR) is 61.9 cm³/mol. The van der Waals surface area contributed by atoms with Crippen molar-refractivity contribution in [3.05, 3.63) is 65.8 Å². The standard InChI is InChI=1S/C14H14/c1-2-7-13(8-3-1)11-6-12-14-9-4-5-10-14/h1-9,11H,10,12H2. The summed E-state index contributed by atoms with van der Waals surface area (Å²) in [5.41, 5.74) is 2.77. The fraction of sp³-hybridized carbons (Fsp3) is 0.143. The smallest absolute Gasteiger partial charge is 0.0129 e. The van der Waals surface area contributed by atoms with Crippen LogP contribution in [-0.4, -0.2) is 0 Å². The summed E-state index contributed by atoms with van der Waals surface area (Å²) in [5.74, 6) is 0. The van der Waals surface area contributed by atoms with Gasteiger partial charge in [0.05, 0.1) is 0 Å². The van der Waals surface area contributed by atoms with E-state index >= 15 is 0 Å². The number of benzene rings is 1. The van der Waals surface area contributed by atoms with Crippen molar-refractivity contribution in [3.63, 3.8) is 0 Å². The van der Waals surface area contributed by atoms with Crippen LogP contribution in [0.15, 0.2) is 60.2 Å². The van der Waals surface area contributed by atoms with Gasteiger partial charge in [-0.25, -0.2) is 0 Å². The molecular weight excluding hydrogens is 168 g/mol. The first-order valence-electron chi connectivity index (χ1n) is 5.01. The van der Waals surface area contributed by atoms with Crippen molar-refractivity contribution < 1.29 is 0 Å². The minimum Gasteiger partial charge on any atom is -0.0805 e. The summed E-state index contributed by atoms with van der Waals surface area (Å²) in [7, 11) is 0. The van der Waals surface area contributed by atoms with Gasteiger partial charge < -0.3 is 0 Å². The van der Waals surface area contributed by atoms with Crippen LogP contribution in [0.5, 0.6) is 0 Å². The van der Waals surface area contributed by atoms with E-state index in [1.807, 2.05) is 6.07 Å². The van der Waals surface area contributed by atoms with Crippen molar-refractivity contribution in [2.24, 2.45) is 0 Å². The second-order valence-corrected chi connectivity index (χ2v) is 3.47. The normalized spacial score (nSPS) is 15.0. The monoisotopic (exact) mass is 182 g/mol. The van der Waals surface area contributed by atoms with Gasteiger partial charge in [-0.1, -0.05) is 66.3 Å². The van der Waals surface area contributed by atoms with Gasteiger partial charge in [0, 0.05) is 0 Å². The van der Waals surface area contributed by atoms with Gasteiger partial charge in [0.2, 0.25) is 0 Å². The van der Waals surface area contributed by atoms with E-state index in [1.165, 1.54) is 11.1 Å². The molecule has 0 bridgehead atoms. The van der Waals surface area contributed by atoms with Gasteiger partial charge in [-0.3, -0.25) is 0 Å². The zero-order valence-electron chi connectivity index (χ0n) is 8.19. The molecule has 0 saturated heterocycles. The molecule has 0 atom stereocenters. The highest BCUT2D eigenvalue weighted by Gasteiger charge is 1.95. The molecule has 0 radical (unpaired) electrons. The minimum atomic E-state index is 1.07. The molecule has 0 aromatic heterocycles. The summed E-state index contributed by atoms with van der Waals surface area (Å²) in [6.07, 6.45) is 13.1. The Morgan fingerprint density at radius 3 is 2.71 bits per heavy atom. The van der Waals surface area contributed by atoms with E-state index in [9.17, 15) is 0 Å². The molecule has 0 saturated carbocycles. The van der Waals surface area contributed by atoms with Crippen molar-refractivity contribution >= 4 is 6.08 Å². The maximum absolute atomic E-state index is 2.23. The molecule has 0 fully saturated rings. The first-order valence-corrected chi connectivity index (χ1v) is 5.01. The summed E-state index contributed by atoms with van der Waals surface area (Å²) in [6, 6.07) is 10.4. The van der Waals surface area contributed by atoms with Gasteiger partial charge in [0.1, 0.15) is 0 Å². The van der Waals surface area contributed by atoms with Crippen molar-refractivity contribution in [2.75, 3.05) is 0 Å². The van der Waals surface area contributed by atoms with E-state index in [4.69, 9.17) is 0 Å². The molecule has 0 nitrogen and oxygen atoms in total. The highest BCUT2D eigenvalue weighted by atomic mass is 14.0. The molecule has 1 aliphatic carbocycles. The molecule has 70 valence electrons. The Labute approximate surface area is 85.3 Å². The Balaban J connectivity index is 1.89. The molecular formula is C14H14. The number of allylic oxidation sites excluding steroid dienone is 5. The molecule has 0 heterocycles. The third-order valence-corrected chi connectivity index (χ3v) is 2.34. The third-order valence-electron chi connectivity index (χ3n) is 2.34. The van der Waals surface area contributed by atoms with Crippen LogP contribution in [0, 0.1) is 0 Å². The summed E-state index contributed by atoms with van der Waals surface area (Å²) in [5, 5.41) is 0. The molecule has 14 heavy (non-hydrogen) atoms. The minimum absolute atomic E-state index is 1.07. The topological polar surface area (TPSA) is 0 Å². The van der Waals surface area contributed by atoms with E-state index in [-0.39, 0.29) is 0 Å². The number of rotatable bonds is 3. The summed E-state index contributed by atoms with van der Waals surface area (Å²) in [4.78, 5) is 0. The van der Waals surface area contributed by atoms with Crippen LogP contribution in [0.2, 0.25) is 0 Å². The van der Waals surface area contributed by atoms with E-state index in [0.29, 0.717) is 0 Å². The average Bonchev–Trinajstić information content (AvgIpc) is 2.72.